The second kappa shape index (κ2) is 8.39. The zero-order valence-electron chi connectivity index (χ0n) is 15.6. The van der Waals surface area contributed by atoms with Crippen LogP contribution in [0, 0.1) is 19.7 Å². The third-order valence-electron chi connectivity index (χ3n) is 4.26. The number of sulfonamides is 1. The zero-order chi connectivity index (χ0) is 20.4. The molecule has 2 aromatic carbocycles. The maximum absolute atomic E-state index is 14.1. The summed E-state index contributed by atoms with van der Waals surface area (Å²) in [4.78, 5) is 12.8. The number of nitrogens with zero attached hydrogens (tertiary/aromatic N) is 1. The summed E-state index contributed by atoms with van der Waals surface area (Å²) in [7, 11) is -3.74. The minimum Gasteiger partial charge on any atom is -0.322 e. The molecule has 0 fully saturated rings. The molecule has 146 valence electrons. The molecule has 0 heterocycles. The third kappa shape index (κ3) is 5.07. The van der Waals surface area contributed by atoms with Crippen LogP contribution in [-0.4, -0.2) is 26.6 Å². The molecule has 1 N–H and O–H groups in total. The van der Waals surface area contributed by atoms with Gasteiger partial charge in [-0.3, -0.25) is 9.10 Å². The SMILES string of the molecule is CC[C@H](C(=O)Nc1ccc(Br)cc1F)N(c1ccc(C)c(C)c1)S(C)(=O)=O. The molecule has 0 unspecified atom stereocenters. The molecule has 8 heteroatoms. The van der Waals surface area contributed by atoms with E-state index in [4.69, 9.17) is 0 Å². The van der Waals surface area contributed by atoms with E-state index in [1.54, 1.807) is 25.1 Å². The fraction of sp³-hybridized carbons (Fsp3) is 0.316. The Balaban J connectivity index is 2.42. The van der Waals surface area contributed by atoms with E-state index in [-0.39, 0.29) is 12.1 Å². The number of nitrogens with one attached hydrogen (secondary N) is 1. The van der Waals surface area contributed by atoms with Gasteiger partial charge < -0.3 is 5.32 Å². The van der Waals surface area contributed by atoms with Crippen LogP contribution in [-0.2, 0) is 14.8 Å². The molecular formula is C19H22BrFN2O3S. The van der Waals surface area contributed by atoms with Crippen molar-refractivity contribution in [2.75, 3.05) is 15.9 Å². The number of rotatable bonds is 6. The number of hydrogen-bond acceptors (Lipinski definition) is 3. The van der Waals surface area contributed by atoms with Crippen LogP contribution in [0.15, 0.2) is 40.9 Å². The van der Waals surface area contributed by atoms with Gasteiger partial charge in [-0.2, -0.15) is 0 Å². The number of carbonyl (C=O) groups excluding carboxylic acids is 1. The quantitative estimate of drug-likeness (QED) is 0.700. The van der Waals surface area contributed by atoms with Crippen LogP contribution >= 0.6 is 15.9 Å². The van der Waals surface area contributed by atoms with Crippen molar-refractivity contribution in [3.8, 4) is 0 Å². The van der Waals surface area contributed by atoms with E-state index in [0.717, 1.165) is 21.7 Å². The molecule has 0 aliphatic carbocycles. The van der Waals surface area contributed by atoms with Gasteiger partial charge in [-0.15, -0.1) is 0 Å². The van der Waals surface area contributed by atoms with Gasteiger partial charge in [0, 0.05) is 4.47 Å². The van der Waals surface area contributed by atoms with Crippen LogP contribution < -0.4 is 9.62 Å². The summed E-state index contributed by atoms with van der Waals surface area (Å²) >= 11 is 3.16. The van der Waals surface area contributed by atoms with Crippen LogP contribution in [0.1, 0.15) is 24.5 Å². The van der Waals surface area contributed by atoms with E-state index in [0.29, 0.717) is 10.2 Å². The largest absolute Gasteiger partial charge is 0.322 e. The fourth-order valence-corrected chi connectivity index (χ4v) is 4.27. The number of anilines is 2. The smallest absolute Gasteiger partial charge is 0.248 e. The monoisotopic (exact) mass is 456 g/mol. The molecule has 0 saturated carbocycles. The van der Waals surface area contributed by atoms with Gasteiger partial charge in [0.1, 0.15) is 11.9 Å². The Morgan fingerprint density at radius 2 is 1.85 bits per heavy atom. The number of amides is 1. The van der Waals surface area contributed by atoms with Gasteiger partial charge in [-0.25, -0.2) is 12.8 Å². The lowest BCUT2D eigenvalue weighted by Crippen LogP contribution is -2.47. The number of carbonyl (C=O) groups is 1. The first-order valence-corrected chi connectivity index (χ1v) is 11.0. The molecule has 2 aromatic rings. The summed E-state index contributed by atoms with van der Waals surface area (Å²) in [6.45, 7) is 5.50. The maximum atomic E-state index is 14.1. The molecule has 0 saturated heterocycles. The highest BCUT2D eigenvalue weighted by Crippen LogP contribution is 2.26. The first kappa shape index (κ1) is 21.4. The van der Waals surface area contributed by atoms with Gasteiger partial charge in [0.15, 0.2) is 0 Å². The predicted molar refractivity (Wildman–Crippen MR) is 110 cm³/mol. The Kier molecular flexibility index (Phi) is 6.64. The van der Waals surface area contributed by atoms with Crippen molar-refractivity contribution in [2.24, 2.45) is 0 Å². The topological polar surface area (TPSA) is 66.5 Å². The lowest BCUT2D eigenvalue weighted by atomic mass is 10.1. The maximum Gasteiger partial charge on any atom is 0.248 e. The van der Waals surface area contributed by atoms with E-state index in [2.05, 4.69) is 21.2 Å². The van der Waals surface area contributed by atoms with Crippen LogP contribution in [0.2, 0.25) is 0 Å². The highest BCUT2D eigenvalue weighted by molar-refractivity contribution is 9.10. The lowest BCUT2D eigenvalue weighted by molar-refractivity contribution is -0.117. The fourth-order valence-electron chi connectivity index (χ4n) is 2.73. The summed E-state index contributed by atoms with van der Waals surface area (Å²) in [5.74, 6) is -1.20. The Hall–Kier alpha value is -1.93. The van der Waals surface area contributed by atoms with Crippen LogP contribution in [0.5, 0.6) is 0 Å². The third-order valence-corrected chi connectivity index (χ3v) is 5.94. The Labute approximate surface area is 167 Å². The van der Waals surface area contributed by atoms with Crippen molar-refractivity contribution < 1.29 is 17.6 Å². The summed E-state index contributed by atoms with van der Waals surface area (Å²) < 4.78 is 40.6. The van der Waals surface area contributed by atoms with Crippen molar-refractivity contribution in [2.45, 2.75) is 33.2 Å². The number of aryl methyl sites for hydroxylation is 2. The Morgan fingerprint density at radius 3 is 2.37 bits per heavy atom. The normalized spacial score (nSPS) is 12.5. The van der Waals surface area contributed by atoms with Gasteiger partial charge in [0.25, 0.3) is 0 Å². The lowest BCUT2D eigenvalue weighted by Gasteiger charge is -2.30. The second-order valence-corrected chi connectivity index (χ2v) is 9.14. The van der Waals surface area contributed by atoms with Gasteiger partial charge in [-0.1, -0.05) is 28.9 Å². The molecule has 2 rings (SSSR count). The molecule has 0 aliphatic heterocycles. The van der Waals surface area contributed by atoms with Gasteiger partial charge in [0.2, 0.25) is 15.9 Å². The van der Waals surface area contributed by atoms with Crippen molar-refractivity contribution >= 4 is 43.2 Å². The minimum atomic E-state index is -3.74. The molecule has 0 radical (unpaired) electrons. The first-order chi connectivity index (χ1) is 12.5. The first-order valence-electron chi connectivity index (χ1n) is 8.37. The highest BCUT2D eigenvalue weighted by atomic mass is 79.9. The minimum absolute atomic E-state index is 0.00446. The van der Waals surface area contributed by atoms with Crippen molar-refractivity contribution in [3.63, 3.8) is 0 Å². The van der Waals surface area contributed by atoms with E-state index in [1.165, 1.54) is 12.1 Å². The van der Waals surface area contributed by atoms with Gasteiger partial charge in [-0.05, 0) is 61.7 Å². The zero-order valence-corrected chi connectivity index (χ0v) is 18.0. The summed E-state index contributed by atoms with van der Waals surface area (Å²) in [6.07, 6.45) is 1.28. The molecule has 1 atom stereocenters. The summed E-state index contributed by atoms with van der Waals surface area (Å²) in [5, 5.41) is 2.50. The molecule has 27 heavy (non-hydrogen) atoms. The standard InChI is InChI=1S/C19H22BrFN2O3S/c1-5-18(19(24)22-17-9-7-14(20)11-16(17)21)23(27(4,25)26)15-8-6-12(2)13(3)10-15/h6-11,18H,5H2,1-4H3,(H,22,24)/t18-/m1/s1. The average molecular weight is 457 g/mol. The molecule has 0 aromatic heterocycles. The molecular weight excluding hydrogens is 435 g/mol. The highest BCUT2D eigenvalue weighted by Gasteiger charge is 2.32. The van der Waals surface area contributed by atoms with E-state index < -0.39 is 27.8 Å². The summed E-state index contributed by atoms with van der Waals surface area (Å²) in [6, 6.07) is 8.44. The van der Waals surface area contributed by atoms with E-state index in [1.807, 2.05) is 19.9 Å². The number of benzene rings is 2. The van der Waals surface area contributed by atoms with Crippen molar-refractivity contribution in [3.05, 3.63) is 57.8 Å². The van der Waals surface area contributed by atoms with Crippen LogP contribution in [0.25, 0.3) is 0 Å². The Morgan fingerprint density at radius 1 is 1.19 bits per heavy atom. The van der Waals surface area contributed by atoms with Crippen molar-refractivity contribution in [1.82, 2.24) is 0 Å². The van der Waals surface area contributed by atoms with Crippen LogP contribution in [0.4, 0.5) is 15.8 Å². The van der Waals surface area contributed by atoms with Gasteiger partial charge >= 0.3 is 0 Å². The second-order valence-electron chi connectivity index (χ2n) is 6.36. The molecule has 0 bridgehead atoms. The average Bonchev–Trinajstić information content (AvgIpc) is 2.56. The Bertz CT molecular complexity index is 963. The van der Waals surface area contributed by atoms with Crippen molar-refractivity contribution in [1.29, 1.82) is 0 Å². The molecule has 5 nitrogen and oxygen atoms in total. The molecule has 1 amide bonds. The molecule has 0 aliphatic rings. The van der Waals surface area contributed by atoms with E-state index >= 15 is 0 Å². The summed E-state index contributed by atoms with van der Waals surface area (Å²) in [5.41, 5.74) is 2.33. The number of halogens is 2. The van der Waals surface area contributed by atoms with Gasteiger partial charge in [0.05, 0.1) is 17.6 Å². The van der Waals surface area contributed by atoms with Crippen LogP contribution in [0.3, 0.4) is 0 Å². The molecule has 0 spiro atoms. The number of hydrogen-bond donors (Lipinski definition) is 1. The van der Waals surface area contributed by atoms with E-state index in [9.17, 15) is 17.6 Å². The predicted octanol–water partition coefficient (Wildman–Crippen LogP) is 4.39.